The van der Waals surface area contributed by atoms with Crippen LogP contribution in [-0.4, -0.2) is 25.2 Å². The fourth-order valence-corrected chi connectivity index (χ4v) is 2.62. The van der Waals surface area contributed by atoms with Crippen molar-refractivity contribution in [3.63, 3.8) is 0 Å². The highest BCUT2D eigenvalue weighted by atomic mass is 16.5. The number of methoxy groups -OCH3 is 1. The van der Waals surface area contributed by atoms with Crippen LogP contribution in [0.3, 0.4) is 0 Å². The van der Waals surface area contributed by atoms with Gasteiger partial charge in [0, 0.05) is 12.8 Å². The number of benzene rings is 1. The Labute approximate surface area is 140 Å². The van der Waals surface area contributed by atoms with E-state index in [9.17, 15) is 4.79 Å². The summed E-state index contributed by atoms with van der Waals surface area (Å²) >= 11 is 0. The molecule has 1 amide bonds. The second kappa shape index (κ2) is 8.92. The quantitative estimate of drug-likeness (QED) is 0.675. The Morgan fingerprint density at radius 3 is 2.26 bits per heavy atom. The molecule has 0 fully saturated rings. The second-order valence-electron chi connectivity index (χ2n) is 6.28. The molecule has 0 spiro atoms. The number of anilines is 1. The van der Waals surface area contributed by atoms with Crippen molar-refractivity contribution in [3.8, 4) is 5.75 Å². The Balaban J connectivity index is 2.88. The minimum Gasteiger partial charge on any atom is -0.493 e. The molecule has 0 aliphatic rings. The van der Waals surface area contributed by atoms with Crippen molar-refractivity contribution in [2.24, 2.45) is 0 Å². The van der Waals surface area contributed by atoms with Gasteiger partial charge in [0.1, 0.15) is 11.4 Å². The molecule has 1 aromatic rings. The van der Waals surface area contributed by atoms with Gasteiger partial charge in [0.05, 0.1) is 6.61 Å². The Morgan fingerprint density at radius 1 is 1.17 bits per heavy atom. The maximum absolute atomic E-state index is 12.5. The first-order valence-corrected chi connectivity index (χ1v) is 8.48. The highest BCUT2D eigenvalue weighted by Crippen LogP contribution is 2.28. The normalized spacial score (nSPS) is 13.5. The van der Waals surface area contributed by atoms with Crippen LogP contribution in [0.15, 0.2) is 12.1 Å². The number of carbonyl (C=O) groups excluding carboxylic acids is 1. The topological polar surface area (TPSA) is 47.6 Å². The lowest BCUT2D eigenvalue weighted by Crippen LogP contribution is -2.41. The standard InChI is InChI=1S/C19H31NO3/c1-7-9-11-23-17-14(3)12-16(13-15(17)4)20-18(21)19(5,22-6)10-8-2/h12-13H,7-11H2,1-6H3,(H,20,21)/t19-/m1/s1. The SMILES string of the molecule is CCCCOc1c(C)cc(NC(=O)[C@@](C)(CCC)OC)cc1C. The summed E-state index contributed by atoms with van der Waals surface area (Å²) in [4.78, 5) is 12.5. The largest absolute Gasteiger partial charge is 0.493 e. The lowest BCUT2D eigenvalue weighted by Gasteiger charge is -2.26. The maximum atomic E-state index is 12.5. The minimum atomic E-state index is -0.799. The van der Waals surface area contributed by atoms with Crippen LogP contribution in [-0.2, 0) is 9.53 Å². The van der Waals surface area contributed by atoms with E-state index >= 15 is 0 Å². The fourth-order valence-electron chi connectivity index (χ4n) is 2.62. The van der Waals surface area contributed by atoms with Crippen LogP contribution in [0, 0.1) is 13.8 Å². The molecule has 0 radical (unpaired) electrons. The van der Waals surface area contributed by atoms with Crippen LogP contribution in [0.4, 0.5) is 5.69 Å². The summed E-state index contributed by atoms with van der Waals surface area (Å²) in [6, 6.07) is 3.91. The number of hydrogen-bond acceptors (Lipinski definition) is 3. The lowest BCUT2D eigenvalue weighted by molar-refractivity contribution is -0.136. The highest BCUT2D eigenvalue weighted by Gasteiger charge is 2.32. The van der Waals surface area contributed by atoms with Crippen LogP contribution >= 0.6 is 0 Å². The van der Waals surface area contributed by atoms with Crippen molar-refractivity contribution in [1.82, 2.24) is 0 Å². The third kappa shape index (κ3) is 5.24. The molecule has 0 aliphatic heterocycles. The number of aryl methyl sites for hydroxylation is 2. The summed E-state index contributed by atoms with van der Waals surface area (Å²) in [7, 11) is 1.58. The average Bonchev–Trinajstić information content (AvgIpc) is 2.50. The van der Waals surface area contributed by atoms with Gasteiger partial charge in [-0.1, -0.05) is 26.7 Å². The summed E-state index contributed by atoms with van der Waals surface area (Å²) in [5.74, 6) is 0.805. The second-order valence-corrected chi connectivity index (χ2v) is 6.28. The fraction of sp³-hybridized carbons (Fsp3) is 0.632. The summed E-state index contributed by atoms with van der Waals surface area (Å²) in [5, 5.41) is 2.97. The summed E-state index contributed by atoms with van der Waals surface area (Å²) in [5.41, 5.74) is 2.05. The molecule has 1 rings (SSSR count). The average molecular weight is 321 g/mol. The van der Waals surface area contributed by atoms with Crippen LogP contribution in [0.2, 0.25) is 0 Å². The monoisotopic (exact) mass is 321 g/mol. The predicted octanol–water partition coefficient (Wildman–Crippen LogP) is 4.63. The van der Waals surface area contributed by atoms with E-state index in [0.29, 0.717) is 6.42 Å². The predicted molar refractivity (Wildman–Crippen MR) is 95.3 cm³/mol. The Morgan fingerprint density at radius 2 is 1.78 bits per heavy atom. The van der Waals surface area contributed by atoms with Crippen molar-refractivity contribution >= 4 is 11.6 Å². The molecule has 0 bridgehead atoms. The first kappa shape index (κ1) is 19.5. The van der Waals surface area contributed by atoms with Gasteiger partial charge in [0.15, 0.2) is 0 Å². The minimum absolute atomic E-state index is 0.111. The van der Waals surface area contributed by atoms with E-state index in [0.717, 1.165) is 48.4 Å². The van der Waals surface area contributed by atoms with Gasteiger partial charge in [-0.2, -0.15) is 0 Å². The van der Waals surface area contributed by atoms with E-state index in [1.807, 2.05) is 39.8 Å². The zero-order valence-electron chi connectivity index (χ0n) is 15.4. The van der Waals surface area contributed by atoms with Crippen molar-refractivity contribution < 1.29 is 14.3 Å². The zero-order chi connectivity index (χ0) is 17.5. The molecule has 4 heteroatoms. The third-order valence-electron chi connectivity index (χ3n) is 4.12. The molecule has 1 atom stereocenters. The summed E-state index contributed by atoms with van der Waals surface area (Å²) in [6.07, 6.45) is 3.73. The Hall–Kier alpha value is -1.55. The van der Waals surface area contributed by atoms with Gasteiger partial charge in [0.25, 0.3) is 5.91 Å². The van der Waals surface area contributed by atoms with Gasteiger partial charge in [-0.25, -0.2) is 0 Å². The molecule has 0 saturated heterocycles. The molecule has 0 saturated carbocycles. The highest BCUT2D eigenvalue weighted by molar-refractivity contribution is 5.97. The summed E-state index contributed by atoms with van der Waals surface area (Å²) < 4.78 is 11.3. The van der Waals surface area contributed by atoms with E-state index in [-0.39, 0.29) is 5.91 Å². The van der Waals surface area contributed by atoms with Crippen LogP contribution in [0.25, 0.3) is 0 Å². The zero-order valence-corrected chi connectivity index (χ0v) is 15.4. The number of carbonyl (C=O) groups is 1. The van der Waals surface area contributed by atoms with Crippen LogP contribution < -0.4 is 10.1 Å². The van der Waals surface area contributed by atoms with Gasteiger partial charge >= 0.3 is 0 Å². The van der Waals surface area contributed by atoms with E-state index in [1.165, 1.54) is 0 Å². The van der Waals surface area contributed by atoms with Crippen LogP contribution in [0.1, 0.15) is 57.6 Å². The Bertz CT molecular complexity index is 504. The van der Waals surface area contributed by atoms with Gasteiger partial charge in [0.2, 0.25) is 0 Å². The number of unbranched alkanes of at least 4 members (excludes halogenated alkanes) is 1. The molecule has 0 aliphatic carbocycles. The number of amides is 1. The van der Waals surface area contributed by atoms with Crippen molar-refractivity contribution in [3.05, 3.63) is 23.3 Å². The molecule has 0 heterocycles. The molecule has 0 aromatic heterocycles. The molecule has 1 N–H and O–H groups in total. The van der Waals surface area contributed by atoms with Crippen molar-refractivity contribution in [1.29, 1.82) is 0 Å². The lowest BCUT2D eigenvalue weighted by atomic mass is 9.99. The molecule has 1 aromatic carbocycles. The van der Waals surface area contributed by atoms with E-state index in [2.05, 4.69) is 12.2 Å². The third-order valence-corrected chi connectivity index (χ3v) is 4.12. The van der Waals surface area contributed by atoms with Crippen molar-refractivity contribution in [2.45, 2.75) is 65.9 Å². The number of hydrogen-bond donors (Lipinski definition) is 1. The first-order chi connectivity index (χ1) is 10.9. The van der Waals surface area contributed by atoms with Crippen molar-refractivity contribution in [2.75, 3.05) is 19.0 Å². The van der Waals surface area contributed by atoms with E-state index in [1.54, 1.807) is 7.11 Å². The molecule has 23 heavy (non-hydrogen) atoms. The first-order valence-electron chi connectivity index (χ1n) is 8.48. The number of ether oxygens (including phenoxy) is 2. The molecular weight excluding hydrogens is 290 g/mol. The molecular formula is C19H31NO3. The smallest absolute Gasteiger partial charge is 0.256 e. The number of rotatable bonds is 9. The molecule has 0 unspecified atom stereocenters. The summed E-state index contributed by atoms with van der Waals surface area (Å²) in [6.45, 7) is 10.7. The van der Waals surface area contributed by atoms with E-state index < -0.39 is 5.60 Å². The van der Waals surface area contributed by atoms with Gasteiger partial charge in [-0.3, -0.25) is 4.79 Å². The van der Waals surface area contributed by atoms with Gasteiger partial charge < -0.3 is 14.8 Å². The molecule has 130 valence electrons. The van der Waals surface area contributed by atoms with E-state index in [4.69, 9.17) is 9.47 Å². The van der Waals surface area contributed by atoms with Crippen LogP contribution in [0.5, 0.6) is 5.75 Å². The molecule has 4 nitrogen and oxygen atoms in total. The Kier molecular flexibility index (Phi) is 7.56. The van der Waals surface area contributed by atoms with Gasteiger partial charge in [-0.05, 0) is 56.9 Å². The van der Waals surface area contributed by atoms with Gasteiger partial charge in [-0.15, -0.1) is 0 Å². The maximum Gasteiger partial charge on any atom is 0.256 e. The number of nitrogens with one attached hydrogen (secondary N) is 1.